The van der Waals surface area contributed by atoms with Gasteiger partial charge in [0.05, 0.1) is 5.69 Å². The van der Waals surface area contributed by atoms with Crippen LogP contribution < -0.4 is 0 Å². The van der Waals surface area contributed by atoms with E-state index in [2.05, 4.69) is 4.98 Å². The second-order valence-corrected chi connectivity index (χ2v) is 3.27. The molecular weight excluding hydrogens is 174 g/mol. The molecule has 14 heavy (non-hydrogen) atoms. The van der Waals surface area contributed by atoms with Gasteiger partial charge >= 0.3 is 0 Å². The fraction of sp³-hybridized carbons (Fsp3) is 0.0833. The van der Waals surface area contributed by atoms with Crippen LogP contribution in [0, 0.1) is 6.92 Å². The van der Waals surface area contributed by atoms with E-state index in [9.17, 15) is 4.79 Å². The number of benzene rings is 1. The number of hydrogen-bond acceptors (Lipinski definition) is 1. The lowest BCUT2D eigenvalue weighted by molar-refractivity contribution is 0.111. The molecule has 0 radical (unpaired) electrons. The van der Waals surface area contributed by atoms with Crippen molar-refractivity contribution in [2.45, 2.75) is 6.92 Å². The minimum absolute atomic E-state index is 0.626. The Labute approximate surface area is 82.6 Å². The average molecular weight is 185 g/mol. The molecule has 0 aliphatic carbocycles. The maximum atomic E-state index is 10.6. The van der Waals surface area contributed by atoms with Crippen LogP contribution in [0.25, 0.3) is 11.3 Å². The predicted octanol–water partition coefficient (Wildman–Crippen LogP) is 2.80. The number of hydrogen-bond donors (Lipinski definition) is 1. The first-order chi connectivity index (χ1) is 6.81. The summed E-state index contributed by atoms with van der Waals surface area (Å²) in [5.74, 6) is 0. The zero-order valence-electron chi connectivity index (χ0n) is 7.95. The second kappa shape index (κ2) is 3.50. The van der Waals surface area contributed by atoms with Crippen LogP contribution in [0.4, 0.5) is 0 Å². The molecule has 70 valence electrons. The Bertz CT molecular complexity index is 443. The average Bonchev–Trinajstić information content (AvgIpc) is 2.61. The van der Waals surface area contributed by atoms with E-state index in [1.165, 1.54) is 0 Å². The van der Waals surface area contributed by atoms with Crippen LogP contribution in [0.5, 0.6) is 0 Å². The lowest BCUT2D eigenvalue weighted by Crippen LogP contribution is -1.81. The molecule has 2 heteroatoms. The van der Waals surface area contributed by atoms with Crippen molar-refractivity contribution in [3.63, 3.8) is 0 Å². The molecule has 1 N–H and O–H groups in total. The van der Waals surface area contributed by atoms with E-state index < -0.39 is 0 Å². The molecule has 2 aromatic rings. The van der Waals surface area contributed by atoms with E-state index in [0.717, 1.165) is 23.1 Å². The number of nitrogens with one attached hydrogen (secondary N) is 1. The van der Waals surface area contributed by atoms with Crippen molar-refractivity contribution in [3.05, 3.63) is 47.7 Å². The molecule has 2 rings (SSSR count). The molecular formula is C12H11NO. The summed E-state index contributed by atoms with van der Waals surface area (Å²) in [5, 5.41) is 0. The summed E-state index contributed by atoms with van der Waals surface area (Å²) in [6, 6.07) is 11.8. The summed E-state index contributed by atoms with van der Waals surface area (Å²) >= 11 is 0. The number of H-pyrrole nitrogens is 1. The van der Waals surface area contributed by atoms with Gasteiger partial charge in [0.2, 0.25) is 0 Å². The van der Waals surface area contributed by atoms with Crippen molar-refractivity contribution in [2.75, 3.05) is 0 Å². The van der Waals surface area contributed by atoms with E-state index in [0.29, 0.717) is 5.69 Å². The molecule has 0 spiro atoms. The third kappa shape index (κ3) is 1.46. The van der Waals surface area contributed by atoms with Crippen LogP contribution in [0.2, 0.25) is 0 Å². The Kier molecular flexibility index (Phi) is 2.19. The van der Waals surface area contributed by atoms with Crippen LogP contribution in [-0.4, -0.2) is 11.3 Å². The van der Waals surface area contributed by atoms with E-state index in [4.69, 9.17) is 0 Å². The molecule has 0 aliphatic rings. The van der Waals surface area contributed by atoms with Crippen molar-refractivity contribution >= 4 is 6.29 Å². The number of aromatic nitrogens is 1. The van der Waals surface area contributed by atoms with Gasteiger partial charge in [-0.1, -0.05) is 30.3 Å². The fourth-order valence-corrected chi connectivity index (χ4v) is 1.55. The summed E-state index contributed by atoms with van der Waals surface area (Å²) in [5.41, 5.74) is 3.85. The lowest BCUT2D eigenvalue weighted by Gasteiger charge is -1.98. The Morgan fingerprint density at radius 2 is 1.93 bits per heavy atom. The van der Waals surface area contributed by atoms with Crippen LogP contribution >= 0.6 is 0 Å². The Balaban J connectivity index is 2.51. The first kappa shape index (κ1) is 8.75. The summed E-state index contributed by atoms with van der Waals surface area (Å²) in [6.45, 7) is 1.99. The van der Waals surface area contributed by atoms with Gasteiger partial charge in [0, 0.05) is 5.69 Å². The minimum atomic E-state index is 0.626. The third-order valence-electron chi connectivity index (χ3n) is 2.23. The van der Waals surface area contributed by atoms with Gasteiger partial charge in [0.1, 0.15) is 0 Å². The molecule has 0 saturated heterocycles. The van der Waals surface area contributed by atoms with Gasteiger partial charge < -0.3 is 4.98 Å². The van der Waals surface area contributed by atoms with Crippen molar-refractivity contribution in [1.29, 1.82) is 0 Å². The number of aryl methyl sites for hydroxylation is 1. The smallest absolute Gasteiger partial charge is 0.166 e. The molecule has 1 aromatic heterocycles. The third-order valence-corrected chi connectivity index (χ3v) is 2.23. The maximum Gasteiger partial charge on any atom is 0.166 e. The first-order valence-corrected chi connectivity index (χ1v) is 4.51. The predicted molar refractivity (Wildman–Crippen MR) is 56.4 cm³/mol. The van der Waals surface area contributed by atoms with Crippen LogP contribution in [0.1, 0.15) is 16.1 Å². The van der Waals surface area contributed by atoms with Crippen LogP contribution in [-0.2, 0) is 0 Å². The van der Waals surface area contributed by atoms with Crippen molar-refractivity contribution in [3.8, 4) is 11.3 Å². The molecule has 0 fully saturated rings. The highest BCUT2D eigenvalue weighted by Crippen LogP contribution is 2.22. The lowest BCUT2D eigenvalue weighted by atomic mass is 10.1. The van der Waals surface area contributed by atoms with Gasteiger partial charge in [0.15, 0.2) is 6.29 Å². The van der Waals surface area contributed by atoms with Crippen LogP contribution in [0.3, 0.4) is 0 Å². The van der Waals surface area contributed by atoms with Gasteiger partial charge in [-0.05, 0) is 24.1 Å². The highest BCUT2D eigenvalue weighted by Gasteiger charge is 2.04. The summed E-state index contributed by atoms with van der Waals surface area (Å²) < 4.78 is 0. The zero-order valence-corrected chi connectivity index (χ0v) is 7.95. The van der Waals surface area contributed by atoms with Gasteiger partial charge in [-0.3, -0.25) is 4.79 Å². The van der Waals surface area contributed by atoms with E-state index in [1.54, 1.807) is 0 Å². The van der Waals surface area contributed by atoms with Gasteiger partial charge in [-0.15, -0.1) is 0 Å². The van der Waals surface area contributed by atoms with Crippen molar-refractivity contribution in [1.82, 2.24) is 4.98 Å². The maximum absolute atomic E-state index is 10.6. The molecule has 1 heterocycles. The van der Waals surface area contributed by atoms with Gasteiger partial charge in [0.25, 0.3) is 0 Å². The Morgan fingerprint density at radius 1 is 1.21 bits per heavy atom. The van der Waals surface area contributed by atoms with E-state index >= 15 is 0 Å². The first-order valence-electron chi connectivity index (χ1n) is 4.51. The highest BCUT2D eigenvalue weighted by molar-refractivity contribution is 5.77. The number of carbonyl (C=O) groups is 1. The number of carbonyl (C=O) groups excluding carboxylic acids is 1. The summed E-state index contributed by atoms with van der Waals surface area (Å²) in [4.78, 5) is 13.7. The normalized spacial score (nSPS) is 10.1. The van der Waals surface area contributed by atoms with Gasteiger partial charge in [-0.25, -0.2) is 0 Å². The Hall–Kier alpha value is -1.83. The van der Waals surface area contributed by atoms with Crippen molar-refractivity contribution < 1.29 is 4.79 Å². The SMILES string of the molecule is Cc1cc(C=O)[nH]c1-c1ccccc1. The zero-order chi connectivity index (χ0) is 9.97. The Morgan fingerprint density at radius 3 is 2.50 bits per heavy atom. The largest absolute Gasteiger partial charge is 0.352 e. The van der Waals surface area contributed by atoms with E-state index in [-0.39, 0.29) is 0 Å². The van der Waals surface area contributed by atoms with E-state index in [1.807, 2.05) is 43.3 Å². The molecule has 2 nitrogen and oxygen atoms in total. The molecule has 0 aliphatic heterocycles. The fourth-order valence-electron chi connectivity index (χ4n) is 1.55. The molecule has 0 atom stereocenters. The van der Waals surface area contributed by atoms with Crippen molar-refractivity contribution in [2.24, 2.45) is 0 Å². The standard InChI is InChI=1S/C12H11NO/c1-9-7-11(8-14)13-12(9)10-5-3-2-4-6-10/h2-8,13H,1H3. The van der Waals surface area contributed by atoms with Crippen LogP contribution in [0.15, 0.2) is 36.4 Å². The van der Waals surface area contributed by atoms with Gasteiger partial charge in [-0.2, -0.15) is 0 Å². The minimum Gasteiger partial charge on any atom is -0.352 e. The molecule has 0 bridgehead atoms. The molecule has 0 amide bonds. The number of aromatic amines is 1. The highest BCUT2D eigenvalue weighted by atomic mass is 16.1. The number of aldehydes is 1. The molecule has 0 unspecified atom stereocenters. The summed E-state index contributed by atoms with van der Waals surface area (Å²) in [7, 11) is 0. The molecule has 1 aromatic carbocycles. The summed E-state index contributed by atoms with van der Waals surface area (Å²) in [6.07, 6.45) is 0.833. The molecule has 0 saturated carbocycles. The second-order valence-electron chi connectivity index (χ2n) is 3.27. The topological polar surface area (TPSA) is 32.9 Å². The monoisotopic (exact) mass is 185 g/mol. The number of rotatable bonds is 2. The quantitative estimate of drug-likeness (QED) is 0.717.